The highest BCUT2D eigenvalue weighted by Crippen LogP contribution is 2.28. The summed E-state index contributed by atoms with van der Waals surface area (Å²) in [5.74, 6) is 0.255. The Morgan fingerprint density at radius 3 is 2.62 bits per heavy atom. The highest BCUT2D eigenvalue weighted by Gasteiger charge is 2.38. The fourth-order valence-electron chi connectivity index (χ4n) is 3.79. The topological polar surface area (TPSA) is 93.2 Å². The molecule has 1 fully saturated rings. The number of nitrogens with one attached hydrogen (secondary N) is 2. The van der Waals surface area contributed by atoms with Gasteiger partial charge in [-0.1, -0.05) is 19.8 Å². The van der Waals surface area contributed by atoms with Crippen molar-refractivity contribution in [1.82, 2.24) is 15.6 Å². The Morgan fingerprint density at radius 2 is 2.04 bits per heavy atom. The summed E-state index contributed by atoms with van der Waals surface area (Å²) in [6.45, 7) is 10.8. The molecule has 1 aliphatic rings. The van der Waals surface area contributed by atoms with Crippen molar-refractivity contribution >= 4 is 5.91 Å². The van der Waals surface area contributed by atoms with E-state index >= 15 is 0 Å². The Bertz CT molecular complexity index is 549. The molecular formula is C18H32N4O2. The van der Waals surface area contributed by atoms with Gasteiger partial charge in [0.15, 0.2) is 5.69 Å². The normalized spacial score (nSPS) is 21.4. The molecule has 136 valence electrons. The molecule has 1 aromatic heterocycles. The first-order valence-electron chi connectivity index (χ1n) is 8.93. The van der Waals surface area contributed by atoms with E-state index < -0.39 is 0 Å². The number of oxazole rings is 1. The molecule has 24 heavy (non-hydrogen) atoms. The van der Waals surface area contributed by atoms with Crippen LogP contribution in [0.4, 0.5) is 0 Å². The molecule has 1 unspecified atom stereocenters. The fourth-order valence-corrected chi connectivity index (χ4v) is 3.79. The van der Waals surface area contributed by atoms with E-state index in [4.69, 9.17) is 10.2 Å². The highest BCUT2D eigenvalue weighted by atomic mass is 16.3. The summed E-state index contributed by atoms with van der Waals surface area (Å²) in [5.41, 5.74) is 6.33. The third kappa shape index (κ3) is 5.05. The Labute approximate surface area is 145 Å². The van der Waals surface area contributed by atoms with E-state index in [9.17, 15) is 4.79 Å². The van der Waals surface area contributed by atoms with Gasteiger partial charge in [-0.3, -0.25) is 4.79 Å². The van der Waals surface area contributed by atoms with Crippen LogP contribution in [-0.4, -0.2) is 28.0 Å². The van der Waals surface area contributed by atoms with Crippen LogP contribution in [0.2, 0.25) is 0 Å². The number of aromatic nitrogens is 1. The van der Waals surface area contributed by atoms with Crippen molar-refractivity contribution in [2.75, 3.05) is 0 Å². The Balaban J connectivity index is 1.98. The van der Waals surface area contributed by atoms with E-state index in [1.54, 1.807) is 0 Å². The second-order valence-corrected chi connectivity index (χ2v) is 8.29. The maximum absolute atomic E-state index is 12.5. The third-order valence-corrected chi connectivity index (χ3v) is 4.47. The molecule has 1 saturated heterocycles. The van der Waals surface area contributed by atoms with Crippen molar-refractivity contribution in [1.29, 1.82) is 0 Å². The van der Waals surface area contributed by atoms with Gasteiger partial charge < -0.3 is 20.8 Å². The maximum Gasteiger partial charge on any atom is 0.273 e. The van der Waals surface area contributed by atoms with Crippen LogP contribution in [0.1, 0.15) is 89.1 Å². The predicted octanol–water partition coefficient (Wildman–Crippen LogP) is 2.90. The van der Waals surface area contributed by atoms with E-state index in [1.165, 1.54) is 6.26 Å². The number of rotatable bonds is 6. The summed E-state index contributed by atoms with van der Waals surface area (Å²) in [7, 11) is 0. The monoisotopic (exact) mass is 336 g/mol. The van der Waals surface area contributed by atoms with Crippen molar-refractivity contribution in [2.45, 2.75) is 89.9 Å². The van der Waals surface area contributed by atoms with Crippen molar-refractivity contribution in [3.05, 3.63) is 17.8 Å². The summed E-state index contributed by atoms with van der Waals surface area (Å²) < 4.78 is 5.41. The van der Waals surface area contributed by atoms with E-state index in [-0.39, 0.29) is 29.1 Å². The minimum atomic E-state index is -0.247. The van der Waals surface area contributed by atoms with Crippen LogP contribution in [0.3, 0.4) is 0 Å². The van der Waals surface area contributed by atoms with Crippen molar-refractivity contribution in [3.8, 4) is 0 Å². The molecule has 4 N–H and O–H groups in total. The standard InChI is InChI=1S/C18H32N4O2/c1-6-7-8-13(19)16-21-14(11-24-16)15(23)20-12-9-17(2,3)22-18(4,5)10-12/h11-13,22H,6-10,19H2,1-5H3,(H,20,23). The lowest BCUT2D eigenvalue weighted by atomic mass is 9.79. The molecule has 0 bridgehead atoms. The number of nitrogens with zero attached hydrogens (tertiary/aromatic N) is 1. The molecule has 6 nitrogen and oxygen atoms in total. The fraction of sp³-hybridized carbons (Fsp3) is 0.778. The van der Waals surface area contributed by atoms with Gasteiger partial charge in [0.2, 0.25) is 5.89 Å². The molecule has 1 aliphatic heterocycles. The highest BCUT2D eigenvalue weighted by molar-refractivity contribution is 5.92. The molecule has 1 amide bonds. The van der Waals surface area contributed by atoms with Gasteiger partial charge in [-0.15, -0.1) is 0 Å². The minimum absolute atomic E-state index is 0.0167. The average molecular weight is 336 g/mol. The Kier molecular flexibility index (Phi) is 5.71. The number of nitrogens with two attached hydrogens (primary N) is 1. The SMILES string of the molecule is CCCCC(N)c1nc(C(=O)NC2CC(C)(C)NC(C)(C)C2)co1. The lowest BCUT2D eigenvalue weighted by Crippen LogP contribution is -2.62. The Morgan fingerprint density at radius 1 is 1.42 bits per heavy atom. The zero-order valence-electron chi connectivity index (χ0n) is 15.6. The van der Waals surface area contributed by atoms with Crippen LogP contribution >= 0.6 is 0 Å². The summed E-state index contributed by atoms with van der Waals surface area (Å²) >= 11 is 0. The maximum atomic E-state index is 12.5. The van der Waals surface area contributed by atoms with E-state index in [0.29, 0.717) is 11.6 Å². The van der Waals surface area contributed by atoms with Crippen molar-refractivity contribution < 1.29 is 9.21 Å². The zero-order valence-corrected chi connectivity index (χ0v) is 15.6. The van der Waals surface area contributed by atoms with Crippen molar-refractivity contribution in [2.24, 2.45) is 5.73 Å². The molecule has 0 aliphatic carbocycles. The summed E-state index contributed by atoms with van der Waals surface area (Å²) in [4.78, 5) is 16.8. The summed E-state index contributed by atoms with van der Waals surface area (Å²) in [5, 5.41) is 6.71. The number of hydrogen-bond acceptors (Lipinski definition) is 5. The number of carbonyl (C=O) groups is 1. The average Bonchev–Trinajstić information content (AvgIpc) is 2.91. The second kappa shape index (κ2) is 7.23. The molecule has 0 radical (unpaired) electrons. The molecule has 6 heteroatoms. The van der Waals surface area contributed by atoms with Crippen LogP contribution in [0.25, 0.3) is 0 Å². The summed E-state index contributed by atoms with van der Waals surface area (Å²) in [6.07, 6.45) is 6.07. The number of carbonyl (C=O) groups excluding carboxylic acids is 1. The lowest BCUT2D eigenvalue weighted by molar-refractivity contribution is 0.0868. The smallest absolute Gasteiger partial charge is 0.273 e. The summed E-state index contributed by atoms with van der Waals surface area (Å²) in [6, 6.07) is -0.138. The first-order chi connectivity index (χ1) is 11.1. The quantitative estimate of drug-likeness (QED) is 0.743. The van der Waals surface area contributed by atoms with Gasteiger partial charge in [-0.05, 0) is 47.0 Å². The van der Waals surface area contributed by atoms with E-state index in [1.807, 2.05) is 0 Å². The van der Waals surface area contributed by atoms with Crippen LogP contribution in [0.5, 0.6) is 0 Å². The first-order valence-corrected chi connectivity index (χ1v) is 8.93. The van der Waals surface area contributed by atoms with Gasteiger partial charge in [0.25, 0.3) is 5.91 Å². The second-order valence-electron chi connectivity index (χ2n) is 8.29. The molecule has 0 aromatic carbocycles. The molecule has 2 rings (SSSR count). The van der Waals surface area contributed by atoms with Gasteiger partial charge >= 0.3 is 0 Å². The number of amides is 1. The van der Waals surface area contributed by atoms with Gasteiger partial charge in [0.05, 0.1) is 6.04 Å². The van der Waals surface area contributed by atoms with Crippen LogP contribution in [0, 0.1) is 0 Å². The zero-order chi connectivity index (χ0) is 18.0. The van der Waals surface area contributed by atoms with Crippen LogP contribution < -0.4 is 16.4 Å². The molecule has 0 saturated carbocycles. The first kappa shape index (κ1) is 18.9. The number of piperidine rings is 1. The largest absolute Gasteiger partial charge is 0.446 e. The van der Waals surface area contributed by atoms with E-state index in [0.717, 1.165) is 32.1 Å². The predicted molar refractivity (Wildman–Crippen MR) is 94.7 cm³/mol. The van der Waals surface area contributed by atoms with Gasteiger partial charge in [-0.2, -0.15) is 0 Å². The molecule has 2 heterocycles. The number of hydrogen-bond donors (Lipinski definition) is 3. The molecular weight excluding hydrogens is 304 g/mol. The third-order valence-electron chi connectivity index (χ3n) is 4.47. The molecule has 1 atom stereocenters. The molecule has 0 spiro atoms. The van der Waals surface area contributed by atoms with Gasteiger partial charge in [-0.25, -0.2) is 4.98 Å². The minimum Gasteiger partial charge on any atom is -0.446 e. The number of unbranched alkanes of at least 4 members (excludes halogenated alkanes) is 1. The lowest BCUT2D eigenvalue weighted by Gasteiger charge is -2.46. The Hall–Kier alpha value is -1.40. The van der Waals surface area contributed by atoms with Crippen LogP contribution in [-0.2, 0) is 0 Å². The van der Waals surface area contributed by atoms with Gasteiger partial charge in [0, 0.05) is 17.1 Å². The van der Waals surface area contributed by atoms with Gasteiger partial charge in [0.1, 0.15) is 6.26 Å². The van der Waals surface area contributed by atoms with Crippen molar-refractivity contribution in [3.63, 3.8) is 0 Å². The van der Waals surface area contributed by atoms with E-state index in [2.05, 4.69) is 50.2 Å². The van der Waals surface area contributed by atoms with Crippen LogP contribution in [0.15, 0.2) is 10.7 Å². The molecule has 1 aromatic rings.